The van der Waals surface area contributed by atoms with Crippen LogP contribution >= 0.6 is 11.6 Å². The second-order valence-corrected chi connectivity index (χ2v) is 11.1. The van der Waals surface area contributed by atoms with Gasteiger partial charge in [0.25, 0.3) is 5.56 Å². The number of amides is 1. The van der Waals surface area contributed by atoms with E-state index in [1.54, 1.807) is 24.1 Å². The first kappa shape index (κ1) is 29.3. The summed E-state index contributed by atoms with van der Waals surface area (Å²) in [5.74, 6) is -0.404. The van der Waals surface area contributed by atoms with Crippen molar-refractivity contribution >= 4 is 23.2 Å². The standard InChI is InChI=1S/C30H26ClF3N8O2/c1-17-4-3-5-26(23-10-18(8-9-35-23)28-24(39-29(17)44)14-37-40(28)2)41-16-36-22(12-27(41)43)21-11-20(31)6-7-25(21)42-15-19(13-38-42)30(32,33)34/h6-17,26H,3-5H2,1-2H3,(H,39,44)/t17-,26+/m1/s1. The number of hydrogen-bond donors (Lipinski definition) is 1. The van der Waals surface area contributed by atoms with Gasteiger partial charge < -0.3 is 5.32 Å². The predicted molar refractivity (Wildman–Crippen MR) is 157 cm³/mol. The molecule has 1 N–H and O–H groups in total. The summed E-state index contributed by atoms with van der Waals surface area (Å²) >= 11 is 6.25. The Kier molecular flexibility index (Phi) is 7.58. The largest absolute Gasteiger partial charge is 0.419 e. The summed E-state index contributed by atoms with van der Waals surface area (Å²) < 4.78 is 44.0. The number of benzene rings is 1. The predicted octanol–water partition coefficient (Wildman–Crippen LogP) is 5.91. The third-order valence-corrected chi connectivity index (χ3v) is 7.95. The zero-order chi connectivity index (χ0) is 31.2. The zero-order valence-corrected chi connectivity index (χ0v) is 24.3. The van der Waals surface area contributed by atoms with Gasteiger partial charge in [-0.1, -0.05) is 24.9 Å². The van der Waals surface area contributed by atoms with Crippen molar-refractivity contribution in [3.8, 4) is 28.2 Å². The normalized spacial score (nSPS) is 17.4. The maximum atomic E-state index is 13.7. The summed E-state index contributed by atoms with van der Waals surface area (Å²) in [6.45, 7) is 1.85. The lowest BCUT2D eigenvalue weighted by Gasteiger charge is -2.22. The number of nitrogens with one attached hydrogen (secondary N) is 1. The fourth-order valence-corrected chi connectivity index (χ4v) is 5.56. The summed E-state index contributed by atoms with van der Waals surface area (Å²) in [6, 6.07) is 9.06. The molecule has 0 spiro atoms. The van der Waals surface area contributed by atoms with Crippen LogP contribution in [-0.2, 0) is 18.0 Å². The van der Waals surface area contributed by atoms with E-state index in [-0.39, 0.29) is 23.2 Å². The number of aryl methyl sites for hydroxylation is 1. The van der Waals surface area contributed by atoms with E-state index in [2.05, 4.69) is 25.5 Å². The molecule has 226 valence electrons. The molecule has 0 fully saturated rings. The fourth-order valence-electron chi connectivity index (χ4n) is 5.39. The van der Waals surface area contributed by atoms with E-state index in [9.17, 15) is 22.8 Å². The minimum atomic E-state index is -4.57. The van der Waals surface area contributed by atoms with Crippen LogP contribution in [0, 0.1) is 5.92 Å². The number of carbonyl (C=O) groups excluding carboxylic acids is 1. The summed E-state index contributed by atoms with van der Waals surface area (Å²) in [4.78, 5) is 35.7. The Morgan fingerprint density at radius 1 is 1.02 bits per heavy atom. The Labute approximate surface area is 254 Å². The lowest BCUT2D eigenvalue weighted by atomic mass is 9.97. The molecule has 0 unspecified atom stereocenters. The summed E-state index contributed by atoms with van der Waals surface area (Å²) in [5, 5.41) is 11.5. The molecule has 10 nitrogen and oxygen atoms in total. The second-order valence-electron chi connectivity index (χ2n) is 10.7. The van der Waals surface area contributed by atoms with Crippen LogP contribution in [0.15, 0.2) is 72.3 Å². The number of nitrogens with zero attached hydrogens (tertiary/aromatic N) is 7. The van der Waals surface area contributed by atoms with Crippen LogP contribution in [0.25, 0.3) is 28.2 Å². The van der Waals surface area contributed by atoms with Gasteiger partial charge in [-0.05, 0) is 43.2 Å². The first-order valence-electron chi connectivity index (χ1n) is 13.8. The van der Waals surface area contributed by atoms with E-state index >= 15 is 0 Å². The van der Waals surface area contributed by atoms with E-state index in [4.69, 9.17) is 11.6 Å². The van der Waals surface area contributed by atoms with Crippen molar-refractivity contribution in [2.75, 3.05) is 5.32 Å². The van der Waals surface area contributed by atoms with E-state index in [1.807, 2.05) is 19.1 Å². The number of rotatable bonds is 3. The first-order chi connectivity index (χ1) is 21.0. The van der Waals surface area contributed by atoms with Crippen LogP contribution in [-0.4, -0.2) is 40.0 Å². The van der Waals surface area contributed by atoms with Gasteiger partial charge in [0.05, 0.1) is 58.8 Å². The van der Waals surface area contributed by atoms with Crippen molar-refractivity contribution < 1.29 is 18.0 Å². The van der Waals surface area contributed by atoms with Crippen LogP contribution in [0.1, 0.15) is 43.5 Å². The highest BCUT2D eigenvalue weighted by Crippen LogP contribution is 2.34. The fraction of sp³-hybridized carbons (Fsp3) is 0.267. The molecule has 2 atom stereocenters. The molecule has 1 amide bonds. The highest BCUT2D eigenvalue weighted by Gasteiger charge is 2.32. The average Bonchev–Trinajstić information content (AvgIpc) is 3.62. The smallest absolute Gasteiger partial charge is 0.323 e. The highest BCUT2D eigenvalue weighted by atomic mass is 35.5. The average molecular weight is 623 g/mol. The molecule has 1 aliphatic heterocycles. The van der Waals surface area contributed by atoms with Crippen molar-refractivity contribution in [1.29, 1.82) is 0 Å². The molecule has 1 aliphatic rings. The first-order valence-corrected chi connectivity index (χ1v) is 14.2. The molecule has 5 heterocycles. The van der Waals surface area contributed by atoms with Gasteiger partial charge in [-0.25, -0.2) is 9.67 Å². The van der Waals surface area contributed by atoms with Gasteiger partial charge in [0.2, 0.25) is 5.91 Å². The molecule has 0 aliphatic carbocycles. The maximum Gasteiger partial charge on any atom is 0.419 e. The third-order valence-electron chi connectivity index (χ3n) is 7.72. The molecule has 0 saturated heterocycles. The van der Waals surface area contributed by atoms with Gasteiger partial charge >= 0.3 is 6.18 Å². The number of pyridine rings is 1. The van der Waals surface area contributed by atoms with Gasteiger partial charge in [-0.3, -0.25) is 23.8 Å². The maximum absolute atomic E-state index is 13.7. The Hall–Kier alpha value is -4.78. The number of carbonyl (C=O) groups is 1. The van der Waals surface area contributed by atoms with Crippen LogP contribution < -0.4 is 10.9 Å². The molecule has 4 aromatic heterocycles. The summed E-state index contributed by atoms with van der Waals surface area (Å²) in [6.07, 6.45) is 3.39. The van der Waals surface area contributed by atoms with Gasteiger partial charge in [-0.15, -0.1) is 0 Å². The van der Waals surface area contributed by atoms with Crippen LogP contribution in [0.5, 0.6) is 0 Å². The lowest BCUT2D eigenvalue weighted by Crippen LogP contribution is -2.27. The number of alkyl halides is 3. The van der Waals surface area contributed by atoms with Gasteiger partial charge in [-0.2, -0.15) is 23.4 Å². The van der Waals surface area contributed by atoms with Crippen molar-refractivity contribution in [1.82, 2.24) is 34.1 Å². The van der Waals surface area contributed by atoms with Gasteiger partial charge in [0.15, 0.2) is 0 Å². The Morgan fingerprint density at radius 2 is 1.84 bits per heavy atom. The third kappa shape index (κ3) is 5.62. The minimum Gasteiger partial charge on any atom is -0.323 e. The van der Waals surface area contributed by atoms with Crippen LogP contribution in [0.2, 0.25) is 5.02 Å². The molecule has 6 rings (SSSR count). The topological polar surface area (TPSA) is 113 Å². The van der Waals surface area contributed by atoms with E-state index in [1.165, 1.54) is 35.2 Å². The van der Waals surface area contributed by atoms with E-state index in [0.29, 0.717) is 46.9 Å². The molecule has 14 heteroatoms. The molecule has 2 bridgehead atoms. The number of anilines is 1. The van der Waals surface area contributed by atoms with Crippen LogP contribution in [0.4, 0.5) is 18.9 Å². The van der Waals surface area contributed by atoms with Crippen molar-refractivity contribution in [3.63, 3.8) is 0 Å². The molecular weight excluding hydrogens is 597 g/mol. The molecule has 44 heavy (non-hydrogen) atoms. The number of aromatic nitrogens is 7. The van der Waals surface area contributed by atoms with Crippen molar-refractivity contribution in [3.05, 3.63) is 94.1 Å². The molecule has 0 saturated carbocycles. The number of hydrogen-bond acceptors (Lipinski definition) is 6. The van der Waals surface area contributed by atoms with Crippen molar-refractivity contribution in [2.45, 2.75) is 38.4 Å². The Bertz CT molecular complexity index is 1930. The van der Waals surface area contributed by atoms with E-state index in [0.717, 1.165) is 22.6 Å². The molecular formula is C30H26ClF3N8O2. The number of fused-ring (bicyclic) bond motifs is 4. The lowest BCUT2D eigenvalue weighted by molar-refractivity contribution is -0.137. The molecule has 0 radical (unpaired) electrons. The highest BCUT2D eigenvalue weighted by molar-refractivity contribution is 6.31. The molecule has 1 aromatic carbocycles. The second kappa shape index (κ2) is 11.4. The monoisotopic (exact) mass is 622 g/mol. The summed E-state index contributed by atoms with van der Waals surface area (Å²) in [7, 11) is 1.78. The zero-order valence-electron chi connectivity index (χ0n) is 23.6. The molecule has 5 aromatic rings. The Balaban J connectivity index is 1.42. The quantitative estimate of drug-likeness (QED) is 0.268. The van der Waals surface area contributed by atoms with Crippen molar-refractivity contribution in [2.24, 2.45) is 13.0 Å². The Morgan fingerprint density at radius 3 is 2.59 bits per heavy atom. The van der Waals surface area contributed by atoms with Gasteiger partial charge in [0, 0.05) is 47.6 Å². The van der Waals surface area contributed by atoms with Crippen LogP contribution in [0.3, 0.4) is 0 Å². The minimum absolute atomic E-state index is 0.120. The van der Waals surface area contributed by atoms with Gasteiger partial charge in [0.1, 0.15) is 0 Å². The SMILES string of the molecule is C[C@@H]1CCC[C@H](n2cnc(-c3cc(Cl)ccc3-n3cc(C(F)(F)F)cn3)cc2=O)c2cc(ccn2)-c2c(cnn2C)NC1=O. The number of halogens is 4. The summed E-state index contributed by atoms with van der Waals surface area (Å²) in [5.41, 5.74) is 2.20. The van der Waals surface area contributed by atoms with E-state index < -0.39 is 23.3 Å².